The van der Waals surface area contributed by atoms with Gasteiger partial charge in [0.2, 0.25) is 0 Å². The summed E-state index contributed by atoms with van der Waals surface area (Å²) in [6.07, 6.45) is 0.740. The van der Waals surface area contributed by atoms with Crippen LogP contribution >= 0.6 is 0 Å². The molecule has 1 fully saturated rings. The molecule has 28 heavy (non-hydrogen) atoms. The Morgan fingerprint density at radius 2 is 2.07 bits per heavy atom. The van der Waals surface area contributed by atoms with Gasteiger partial charge in [0.15, 0.2) is 5.76 Å². The van der Waals surface area contributed by atoms with E-state index in [1.165, 1.54) is 7.11 Å². The van der Waals surface area contributed by atoms with Gasteiger partial charge in [-0.1, -0.05) is 0 Å². The highest BCUT2D eigenvalue weighted by Gasteiger charge is 2.21. The summed E-state index contributed by atoms with van der Waals surface area (Å²) in [4.78, 5) is 26.6. The average Bonchev–Trinajstić information content (AvgIpc) is 3.34. The van der Waals surface area contributed by atoms with Crippen LogP contribution in [0.3, 0.4) is 0 Å². The molecule has 1 amide bonds. The molecule has 1 aromatic carbocycles. The molecule has 0 aliphatic carbocycles. The van der Waals surface area contributed by atoms with Crippen LogP contribution in [0.1, 0.15) is 33.1 Å². The number of anilines is 1. The van der Waals surface area contributed by atoms with E-state index in [1.807, 2.05) is 19.0 Å². The van der Waals surface area contributed by atoms with Gasteiger partial charge in [0, 0.05) is 6.42 Å². The Morgan fingerprint density at radius 3 is 2.75 bits per heavy atom. The maximum atomic E-state index is 12.5. The van der Waals surface area contributed by atoms with Crippen molar-refractivity contribution in [3.05, 3.63) is 47.4 Å². The first-order valence-corrected chi connectivity index (χ1v) is 8.98. The standard InChI is InChI=1S/C20H24N2O6/c1-22(2)11-14-5-7-18(28-14)19(23)21-17-6-4-13(10-16(17)20(24)25-3)27-15-8-9-26-12-15/h4-7,10,15H,8-9,11-12H2,1-3H3,(H,21,23). The van der Waals surface area contributed by atoms with Crippen molar-refractivity contribution in [1.29, 1.82) is 0 Å². The molecule has 2 heterocycles. The topological polar surface area (TPSA) is 90.2 Å². The first kappa shape index (κ1) is 19.9. The minimum Gasteiger partial charge on any atom is -0.488 e. The lowest BCUT2D eigenvalue weighted by atomic mass is 10.1. The smallest absolute Gasteiger partial charge is 0.340 e. The number of ether oxygens (including phenoxy) is 3. The molecule has 0 saturated carbocycles. The predicted octanol–water partition coefficient (Wildman–Crippen LogP) is 2.55. The Hall–Kier alpha value is -2.84. The highest BCUT2D eigenvalue weighted by Crippen LogP contribution is 2.26. The first-order valence-electron chi connectivity index (χ1n) is 8.98. The van der Waals surface area contributed by atoms with E-state index in [0.29, 0.717) is 37.0 Å². The van der Waals surface area contributed by atoms with Crippen LogP contribution in [-0.2, 0) is 16.0 Å². The highest BCUT2D eigenvalue weighted by molar-refractivity contribution is 6.06. The lowest BCUT2D eigenvalue weighted by molar-refractivity contribution is 0.0601. The summed E-state index contributed by atoms with van der Waals surface area (Å²) >= 11 is 0. The Morgan fingerprint density at radius 1 is 1.25 bits per heavy atom. The minimum absolute atomic E-state index is 0.0517. The quantitative estimate of drug-likeness (QED) is 0.729. The number of hydrogen-bond donors (Lipinski definition) is 1. The van der Waals surface area contributed by atoms with E-state index in [2.05, 4.69) is 5.32 Å². The molecule has 0 radical (unpaired) electrons. The number of carbonyl (C=O) groups is 2. The molecule has 1 aliphatic rings. The van der Waals surface area contributed by atoms with Crippen LogP contribution in [0.4, 0.5) is 5.69 Å². The molecular weight excluding hydrogens is 364 g/mol. The zero-order chi connectivity index (χ0) is 20.1. The molecule has 1 N–H and O–H groups in total. The van der Waals surface area contributed by atoms with Gasteiger partial charge in [0.25, 0.3) is 5.91 Å². The van der Waals surface area contributed by atoms with Gasteiger partial charge in [-0.2, -0.15) is 0 Å². The van der Waals surface area contributed by atoms with Gasteiger partial charge in [0.05, 0.1) is 38.1 Å². The van der Waals surface area contributed by atoms with Crippen molar-refractivity contribution in [1.82, 2.24) is 4.90 Å². The van der Waals surface area contributed by atoms with Crippen LogP contribution in [-0.4, -0.2) is 57.3 Å². The fraction of sp³-hybridized carbons (Fsp3) is 0.400. The van der Waals surface area contributed by atoms with E-state index in [-0.39, 0.29) is 17.4 Å². The third-order valence-corrected chi connectivity index (χ3v) is 4.19. The Balaban J connectivity index is 1.76. The maximum absolute atomic E-state index is 12.5. The van der Waals surface area contributed by atoms with Crippen molar-refractivity contribution < 1.29 is 28.2 Å². The third kappa shape index (κ3) is 4.90. The summed E-state index contributed by atoms with van der Waals surface area (Å²) in [6, 6.07) is 8.21. The van der Waals surface area contributed by atoms with Crippen LogP contribution in [0, 0.1) is 0 Å². The van der Waals surface area contributed by atoms with Gasteiger partial charge in [-0.25, -0.2) is 4.79 Å². The number of furan rings is 1. The predicted molar refractivity (Wildman–Crippen MR) is 102 cm³/mol. The van der Waals surface area contributed by atoms with Crippen molar-refractivity contribution in [2.24, 2.45) is 0 Å². The molecule has 0 bridgehead atoms. The molecule has 1 unspecified atom stereocenters. The van der Waals surface area contributed by atoms with Crippen LogP contribution in [0.15, 0.2) is 34.7 Å². The van der Waals surface area contributed by atoms with Gasteiger partial charge in [-0.3, -0.25) is 4.79 Å². The average molecular weight is 388 g/mol. The van der Waals surface area contributed by atoms with Crippen molar-refractivity contribution in [3.8, 4) is 5.75 Å². The molecule has 1 aromatic heterocycles. The van der Waals surface area contributed by atoms with E-state index in [9.17, 15) is 9.59 Å². The molecule has 8 nitrogen and oxygen atoms in total. The molecule has 1 atom stereocenters. The van der Waals surface area contributed by atoms with Crippen molar-refractivity contribution >= 4 is 17.6 Å². The fourth-order valence-electron chi connectivity index (χ4n) is 2.86. The number of hydrogen-bond acceptors (Lipinski definition) is 7. The van der Waals surface area contributed by atoms with E-state index in [4.69, 9.17) is 18.6 Å². The normalized spacial score (nSPS) is 16.2. The molecule has 2 aromatic rings. The molecule has 150 valence electrons. The number of rotatable bonds is 7. The van der Waals surface area contributed by atoms with Crippen LogP contribution in [0.2, 0.25) is 0 Å². The summed E-state index contributed by atoms with van der Waals surface area (Å²) in [6.45, 7) is 1.75. The zero-order valence-corrected chi connectivity index (χ0v) is 16.2. The molecule has 0 spiro atoms. The van der Waals surface area contributed by atoms with Crippen LogP contribution < -0.4 is 10.1 Å². The van der Waals surface area contributed by atoms with E-state index >= 15 is 0 Å². The summed E-state index contributed by atoms with van der Waals surface area (Å²) in [5.74, 6) is 0.325. The van der Waals surface area contributed by atoms with E-state index < -0.39 is 11.9 Å². The van der Waals surface area contributed by atoms with Gasteiger partial charge < -0.3 is 28.8 Å². The monoisotopic (exact) mass is 388 g/mol. The summed E-state index contributed by atoms with van der Waals surface area (Å²) in [7, 11) is 5.10. The zero-order valence-electron chi connectivity index (χ0n) is 16.2. The number of amides is 1. The Bertz CT molecular complexity index is 839. The second kappa shape index (κ2) is 8.90. The van der Waals surface area contributed by atoms with Crippen molar-refractivity contribution in [3.63, 3.8) is 0 Å². The Labute approximate surface area is 163 Å². The van der Waals surface area contributed by atoms with Crippen molar-refractivity contribution in [2.45, 2.75) is 19.1 Å². The minimum atomic E-state index is -0.573. The van der Waals surface area contributed by atoms with Crippen LogP contribution in [0.25, 0.3) is 0 Å². The lowest BCUT2D eigenvalue weighted by Gasteiger charge is -2.15. The second-order valence-electron chi connectivity index (χ2n) is 6.76. The number of nitrogens with zero attached hydrogens (tertiary/aromatic N) is 1. The molecule has 1 saturated heterocycles. The highest BCUT2D eigenvalue weighted by atomic mass is 16.5. The van der Waals surface area contributed by atoms with Gasteiger partial charge >= 0.3 is 5.97 Å². The Kier molecular flexibility index (Phi) is 6.33. The number of esters is 1. The van der Waals surface area contributed by atoms with Crippen LogP contribution in [0.5, 0.6) is 5.75 Å². The molecular formula is C20H24N2O6. The molecule has 8 heteroatoms. The third-order valence-electron chi connectivity index (χ3n) is 4.19. The van der Waals surface area contributed by atoms with Crippen molar-refractivity contribution in [2.75, 3.05) is 39.7 Å². The fourth-order valence-corrected chi connectivity index (χ4v) is 2.86. The first-order chi connectivity index (χ1) is 13.5. The summed E-state index contributed by atoms with van der Waals surface area (Å²) in [5, 5.41) is 2.70. The van der Waals surface area contributed by atoms with Gasteiger partial charge in [-0.15, -0.1) is 0 Å². The molecule has 3 rings (SSSR count). The number of methoxy groups -OCH3 is 1. The second-order valence-corrected chi connectivity index (χ2v) is 6.76. The van der Waals surface area contributed by atoms with Gasteiger partial charge in [-0.05, 0) is 44.4 Å². The largest absolute Gasteiger partial charge is 0.488 e. The summed E-state index contributed by atoms with van der Waals surface area (Å²) < 4.78 is 21.5. The maximum Gasteiger partial charge on any atom is 0.340 e. The molecule has 1 aliphatic heterocycles. The number of benzene rings is 1. The van der Waals surface area contributed by atoms with E-state index in [1.54, 1.807) is 30.3 Å². The lowest BCUT2D eigenvalue weighted by Crippen LogP contribution is -2.17. The number of carbonyl (C=O) groups excluding carboxylic acids is 2. The van der Waals surface area contributed by atoms with Gasteiger partial charge in [0.1, 0.15) is 17.6 Å². The SMILES string of the molecule is COC(=O)c1cc(OC2CCOC2)ccc1NC(=O)c1ccc(CN(C)C)o1. The summed E-state index contributed by atoms with van der Waals surface area (Å²) in [5.41, 5.74) is 0.518. The van der Waals surface area contributed by atoms with E-state index in [0.717, 1.165) is 6.42 Å². The number of nitrogens with one attached hydrogen (secondary N) is 1.